The Morgan fingerprint density at radius 1 is 1.12 bits per heavy atom. The molecule has 1 aromatic heterocycles. The van der Waals surface area contributed by atoms with Crippen molar-refractivity contribution in [1.82, 2.24) is 0 Å². The molecule has 128 valence electrons. The Kier molecular flexibility index (Phi) is 6.31. The first kappa shape index (κ1) is 17.5. The third kappa shape index (κ3) is 4.83. The van der Waals surface area contributed by atoms with Gasteiger partial charge in [0.15, 0.2) is 6.54 Å². The molecule has 6 heteroatoms. The summed E-state index contributed by atoms with van der Waals surface area (Å²) >= 11 is 3.50. The summed E-state index contributed by atoms with van der Waals surface area (Å²) in [6.07, 6.45) is 2.03. The lowest BCUT2D eigenvalue weighted by atomic mass is 10.3. The summed E-state index contributed by atoms with van der Waals surface area (Å²) in [5.41, 5.74) is 0.927. The number of quaternary nitrogens is 2. The second-order valence-corrected chi connectivity index (χ2v) is 8.06. The summed E-state index contributed by atoms with van der Waals surface area (Å²) < 4.78 is 0. The summed E-state index contributed by atoms with van der Waals surface area (Å²) in [5.74, 6) is 0.119. The highest BCUT2D eigenvalue weighted by atomic mass is 32.2. The van der Waals surface area contributed by atoms with Crippen LogP contribution in [0.4, 0.5) is 5.69 Å². The standard InChI is InChI=1S/C18H23N3OS2/c1-23-17-7-3-2-6-16(17)19-18(22)14-21-10-8-20(9-11-21)13-15-5-4-12-24-15/h2-7,12H,8-11,13-14H2,1H3,(H,19,22)/p+2. The van der Waals surface area contributed by atoms with Crippen LogP contribution in [0.3, 0.4) is 0 Å². The van der Waals surface area contributed by atoms with E-state index in [2.05, 4.69) is 22.8 Å². The number of thiophene rings is 1. The Hall–Kier alpha value is -1.34. The Bertz CT molecular complexity index is 652. The minimum atomic E-state index is 0.119. The highest BCUT2D eigenvalue weighted by Crippen LogP contribution is 2.24. The Morgan fingerprint density at radius 2 is 1.88 bits per heavy atom. The maximum Gasteiger partial charge on any atom is 0.279 e. The normalized spacial score (nSPS) is 20.7. The zero-order valence-corrected chi connectivity index (χ0v) is 15.6. The lowest BCUT2D eigenvalue weighted by Crippen LogP contribution is -3.28. The fraction of sp³-hybridized carbons (Fsp3) is 0.389. The molecule has 0 spiro atoms. The fourth-order valence-corrected chi connectivity index (χ4v) is 4.47. The number of piperazine rings is 1. The molecule has 0 aliphatic carbocycles. The minimum absolute atomic E-state index is 0.119. The summed E-state index contributed by atoms with van der Waals surface area (Å²) in [7, 11) is 0. The molecule has 1 aliphatic rings. The predicted molar refractivity (Wildman–Crippen MR) is 101 cm³/mol. The molecule has 4 nitrogen and oxygen atoms in total. The Balaban J connectivity index is 1.44. The number of benzene rings is 1. The van der Waals surface area contributed by atoms with Gasteiger partial charge in [-0.25, -0.2) is 0 Å². The topological polar surface area (TPSA) is 38.0 Å². The number of hydrogen-bond acceptors (Lipinski definition) is 3. The van der Waals surface area contributed by atoms with Crippen LogP contribution < -0.4 is 15.1 Å². The van der Waals surface area contributed by atoms with Crippen molar-refractivity contribution in [2.45, 2.75) is 11.4 Å². The zero-order valence-electron chi connectivity index (χ0n) is 14.0. The van der Waals surface area contributed by atoms with E-state index >= 15 is 0 Å². The number of rotatable bonds is 6. The van der Waals surface area contributed by atoms with Crippen LogP contribution in [-0.2, 0) is 11.3 Å². The summed E-state index contributed by atoms with van der Waals surface area (Å²) in [4.78, 5) is 17.9. The molecule has 1 aromatic carbocycles. The van der Waals surface area contributed by atoms with Crippen LogP contribution in [0.2, 0.25) is 0 Å². The Morgan fingerprint density at radius 3 is 2.58 bits per heavy atom. The molecular weight excluding hydrogens is 338 g/mol. The molecule has 2 heterocycles. The highest BCUT2D eigenvalue weighted by Gasteiger charge is 2.25. The molecule has 1 amide bonds. The average molecular weight is 364 g/mol. The van der Waals surface area contributed by atoms with E-state index in [0.29, 0.717) is 6.54 Å². The number of thioether (sulfide) groups is 1. The van der Waals surface area contributed by atoms with Crippen molar-refractivity contribution in [2.24, 2.45) is 0 Å². The maximum absolute atomic E-state index is 12.3. The lowest BCUT2D eigenvalue weighted by molar-refractivity contribution is -1.01. The number of carbonyl (C=O) groups excluding carboxylic acids is 1. The average Bonchev–Trinajstić information content (AvgIpc) is 3.10. The van der Waals surface area contributed by atoms with E-state index in [1.807, 2.05) is 41.9 Å². The van der Waals surface area contributed by atoms with Gasteiger partial charge in [0.2, 0.25) is 0 Å². The molecule has 0 unspecified atom stereocenters. The Labute approximate surface area is 151 Å². The molecular formula is C18H25N3OS2+2. The molecule has 0 radical (unpaired) electrons. The van der Waals surface area contributed by atoms with Gasteiger partial charge >= 0.3 is 0 Å². The number of carbonyl (C=O) groups is 1. The van der Waals surface area contributed by atoms with E-state index in [1.165, 1.54) is 9.78 Å². The van der Waals surface area contributed by atoms with Crippen LogP contribution in [-0.4, -0.2) is 44.9 Å². The molecule has 2 aromatic rings. The monoisotopic (exact) mass is 363 g/mol. The van der Waals surface area contributed by atoms with Crippen molar-refractivity contribution < 1.29 is 14.6 Å². The van der Waals surface area contributed by atoms with Gasteiger partial charge in [0.1, 0.15) is 32.7 Å². The SMILES string of the molecule is CSc1ccccc1NC(=O)C[NH+]1CC[NH+](Cc2cccs2)CC1. The van der Waals surface area contributed by atoms with Crippen LogP contribution in [0.1, 0.15) is 4.88 Å². The highest BCUT2D eigenvalue weighted by molar-refractivity contribution is 7.98. The molecule has 3 N–H and O–H groups in total. The maximum atomic E-state index is 12.3. The van der Waals surface area contributed by atoms with Gasteiger partial charge in [-0.2, -0.15) is 0 Å². The van der Waals surface area contributed by atoms with Crippen molar-refractivity contribution in [3.05, 3.63) is 46.7 Å². The van der Waals surface area contributed by atoms with E-state index in [1.54, 1.807) is 16.7 Å². The van der Waals surface area contributed by atoms with Gasteiger partial charge in [0.05, 0.1) is 10.6 Å². The van der Waals surface area contributed by atoms with Crippen molar-refractivity contribution in [3.8, 4) is 0 Å². The van der Waals surface area contributed by atoms with Gasteiger partial charge in [-0.1, -0.05) is 18.2 Å². The second kappa shape index (κ2) is 8.67. The van der Waals surface area contributed by atoms with Crippen LogP contribution in [0.5, 0.6) is 0 Å². The van der Waals surface area contributed by atoms with Crippen molar-refractivity contribution in [2.75, 3.05) is 44.3 Å². The van der Waals surface area contributed by atoms with Crippen molar-refractivity contribution >= 4 is 34.7 Å². The predicted octanol–water partition coefficient (Wildman–Crippen LogP) is 0.392. The second-order valence-electron chi connectivity index (χ2n) is 6.18. The number of nitrogens with one attached hydrogen (secondary N) is 3. The van der Waals surface area contributed by atoms with E-state index < -0.39 is 0 Å². The molecule has 1 saturated heterocycles. The summed E-state index contributed by atoms with van der Waals surface area (Å²) in [5, 5.41) is 5.22. The largest absolute Gasteiger partial charge is 0.321 e. The van der Waals surface area contributed by atoms with Crippen molar-refractivity contribution in [3.63, 3.8) is 0 Å². The number of para-hydroxylation sites is 1. The number of hydrogen-bond donors (Lipinski definition) is 3. The van der Waals surface area contributed by atoms with E-state index in [9.17, 15) is 4.79 Å². The smallest absolute Gasteiger partial charge is 0.279 e. The van der Waals surface area contributed by atoms with Gasteiger partial charge in [-0.05, 0) is 29.8 Å². The van der Waals surface area contributed by atoms with Crippen LogP contribution in [0.15, 0.2) is 46.7 Å². The van der Waals surface area contributed by atoms with E-state index in [-0.39, 0.29) is 5.91 Å². The summed E-state index contributed by atoms with van der Waals surface area (Å²) in [6, 6.07) is 12.3. The molecule has 1 fully saturated rings. The third-order valence-electron chi connectivity index (χ3n) is 4.46. The third-order valence-corrected chi connectivity index (χ3v) is 6.13. The molecule has 0 bridgehead atoms. The lowest BCUT2D eigenvalue weighted by Gasteiger charge is -2.29. The van der Waals surface area contributed by atoms with E-state index in [0.717, 1.165) is 43.3 Å². The first-order valence-electron chi connectivity index (χ1n) is 8.37. The number of anilines is 1. The van der Waals surface area contributed by atoms with Gasteiger partial charge in [-0.3, -0.25) is 4.79 Å². The van der Waals surface area contributed by atoms with Gasteiger partial charge in [0, 0.05) is 4.90 Å². The quantitative estimate of drug-likeness (QED) is 0.650. The fourth-order valence-electron chi connectivity index (χ4n) is 3.14. The number of amides is 1. The summed E-state index contributed by atoms with van der Waals surface area (Å²) in [6.45, 7) is 6.10. The van der Waals surface area contributed by atoms with Gasteiger partial charge < -0.3 is 15.1 Å². The molecule has 3 rings (SSSR count). The molecule has 1 aliphatic heterocycles. The zero-order chi connectivity index (χ0) is 16.8. The van der Waals surface area contributed by atoms with Gasteiger partial charge in [0.25, 0.3) is 5.91 Å². The van der Waals surface area contributed by atoms with Crippen LogP contribution >= 0.6 is 23.1 Å². The minimum Gasteiger partial charge on any atom is -0.321 e. The first-order chi connectivity index (χ1) is 11.7. The molecule has 0 atom stereocenters. The van der Waals surface area contributed by atoms with E-state index in [4.69, 9.17) is 0 Å². The van der Waals surface area contributed by atoms with Crippen molar-refractivity contribution in [1.29, 1.82) is 0 Å². The van der Waals surface area contributed by atoms with Gasteiger partial charge in [-0.15, -0.1) is 23.1 Å². The van der Waals surface area contributed by atoms with Crippen LogP contribution in [0, 0.1) is 0 Å². The molecule has 0 saturated carbocycles. The first-order valence-corrected chi connectivity index (χ1v) is 10.5. The van der Waals surface area contributed by atoms with Crippen LogP contribution in [0.25, 0.3) is 0 Å². The molecule has 24 heavy (non-hydrogen) atoms.